The Kier molecular flexibility index (Phi) is 2.89. The summed E-state index contributed by atoms with van der Waals surface area (Å²) in [5.74, 6) is -0.268. The molecule has 0 aliphatic rings. The van der Waals surface area contributed by atoms with Crippen molar-refractivity contribution >= 4 is 11.5 Å². The Morgan fingerprint density at radius 2 is 2.23 bits per heavy atom. The molecule has 0 aliphatic heterocycles. The molecule has 0 aliphatic carbocycles. The molecule has 0 unspecified atom stereocenters. The molecule has 5 nitrogen and oxygen atoms in total. The van der Waals surface area contributed by atoms with Crippen molar-refractivity contribution in [1.29, 1.82) is 0 Å². The maximum absolute atomic E-state index is 11.3. The molecule has 0 radical (unpaired) electrons. The lowest BCUT2D eigenvalue weighted by Crippen LogP contribution is -2.05. The maximum atomic E-state index is 11.3. The number of anilines is 1. The zero-order chi connectivity index (χ0) is 9.68. The van der Waals surface area contributed by atoms with Gasteiger partial charge in [-0.25, -0.2) is 0 Å². The van der Waals surface area contributed by atoms with Crippen molar-refractivity contribution in [2.75, 3.05) is 12.3 Å². The minimum absolute atomic E-state index is 0.190. The molecule has 2 N–H and O–H groups in total. The zero-order valence-electron chi connectivity index (χ0n) is 6.84. The summed E-state index contributed by atoms with van der Waals surface area (Å²) in [6.45, 7) is -0.190. The smallest absolute Gasteiger partial charge is 0.170 e. The Labute approximate surface area is 74.8 Å². The summed E-state index contributed by atoms with van der Waals surface area (Å²) in [4.78, 5) is 13.8. The molecule has 0 atom stereocenters. The van der Waals surface area contributed by atoms with E-state index in [9.17, 15) is 4.79 Å². The third kappa shape index (κ3) is 2.21. The van der Waals surface area contributed by atoms with Gasteiger partial charge in [-0.2, -0.15) is 0 Å². The van der Waals surface area contributed by atoms with Gasteiger partial charge in [0.15, 0.2) is 5.78 Å². The van der Waals surface area contributed by atoms with Gasteiger partial charge in [-0.05, 0) is 17.7 Å². The number of azide groups is 1. The first-order chi connectivity index (χ1) is 6.25. The van der Waals surface area contributed by atoms with E-state index in [1.165, 1.54) is 0 Å². The monoisotopic (exact) mass is 176 g/mol. The zero-order valence-corrected chi connectivity index (χ0v) is 6.84. The number of carbonyl (C=O) groups is 1. The predicted octanol–water partition coefficient (Wildman–Crippen LogP) is 1.76. The van der Waals surface area contributed by atoms with Crippen LogP contribution in [0.4, 0.5) is 5.69 Å². The lowest BCUT2D eigenvalue weighted by Gasteiger charge is -2.00. The van der Waals surface area contributed by atoms with Crippen LogP contribution in [0.3, 0.4) is 0 Å². The minimum atomic E-state index is -0.268. The van der Waals surface area contributed by atoms with Gasteiger partial charge in [-0.1, -0.05) is 17.2 Å². The summed E-state index contributed by atoms with van der Waals surface area (Å²) in [6.07, 6.45) is 0. The van der Waals surface area contributed by atoms with Crippen LogP contribution < -0.4 is 5.73 Å². The largest absolute Gasteiger partial charge is 0.398 e. The van der Waals surface area contributed by atoms with Crippen molar-refractivity contribution in [1.82, 2.24) is 0 Å². The summed E-state index contributed by atoms with van der Waals surface area (Å²) in [7, 11) is 0. The highest BCUT2D eigenvalue weighted by atomic mass is 16.1. The van der Waals surface area contributed by atoms with Gasteiger partial charge in [0.2, 0.25) is 0 Å². The molecule has 1 aromatic rings. The van der Waals surface area contributed by atoms with Crippen LogP contribution in [0.2, 0.25) is 0 Å². The Balaban J connectivity index is 2.88. The summed E-state index contributed by atoms with van der Waals surface area (Å²) >= 11 is 0. The number of Topliss-reactive ketones (excluding diaryl/α,β-unsaturated/α-hetero) is 1. The lowest BCUT2D eigenvalue weighted by atomic mass is 10.1. The minimum Gasteiger partial charge on any atom is -0.398 e. The Bertz CT molecular complexity index is 368. The van der Waals surface area contributed by atoms with E-state index in [-0.39, 0.29) is 12.3 Å². The van der Waals surface area contributed by atoms with E-state index in [1.54, 1.807) is 24.3 Å². The van der Waals surface area contributed by atoms with Crippen molar-refractivity contribution < 1.29 is 4.79 Å². The van der Waals surface area contributed by atoms with E-state index < -0.39 is 0 Å². The van der Waals surface area contributed by atoms with E-state index in [4.69, 9.17) is 11.3 Å². The predicted molar refractivity (Wildman–Crippen MR) is 49.2 cm³/mol. The van der Waals surface area contributed by atoms with E-state index in [2.05, 4.69) is 10.0 Å². The van der Waals surface area contributed by atoms with Gasteiger partial charge >= 0.3 is 0 Å². The molecule has 1 rings (SSSR count). The van der Waals surface area contributed by atoms with Gasteiger partial charge in [-0.15, -0.1) is 0 Å². The van der Waals surface area contributed by atoms with Crippen molar-refractivity contribution in [3.05, 3.63) is 40.3 Å². The number of benzene rings is 1. The molecule has 0 heterocycles. The standard InChI is InChI=1S/C8H8N4O/c9-7-4-2-1-3-6(7)8(13)5-11-12-10/h1-4H,5,9H2. The van der Waals surface area contributed by atoms with Crippen LogP contribution in [0.25, 0.3) is 10.4 Å². The number of hydrogen-bond acceptors (Lipinski definition) is 3. The molecule has 0 aromatic heterocycles. The van der Waals surface area contributed by atoms with Crippen LogP contribution in [0.15, 0.2) is 29.4 Å². The molecule has 0 amide bonds. The molecular formula is C8H8N4O. The number of nitrogen functional groups attached to an aromatic ring is 1. The molecule has 0 saturated heterocycles. The van der Waals surface area contributed by atoms with Crippen LogP contribution in [0, 0.1) is 0 Å². The van der Waals surface area contributed by atoms with Crippen molar-refractivity contribution in [3.63, 3.8) is 0 Å². The molecule has 13 heavy (non-hydrogen) atoms. The fourth-order valence-corrected chi connectivity index (χ4v) is 0.932. The van der Waals surface area contributed by atoms with Crippen LogP contribution in [0.5, 0.6) is 0 Å². The number of nitrogens with zero attached hydrogens (tertiary/aromatic N) is 3. The fourth-order valence-electron chi connectivity index (χ4n) is 0.932. The van der Waals surface area contributed by atoms with Gasteiger partial charge in [-0.3, -0.25) is 4.79 Å². The van der Waals surface area contributed by atoms with E-state index in [1.807, 2.05) is 0 Å². The second-order valence-corrected chi connectivity index (χ2v) is 2.40. The van der Waals surface area contributed by atoms with Crippen molar-refractivity contribution in [3.8, 4) is 0 Å². The average Bonchev–Trinajstić information content (AvgIpc) is 2.15. The van der Waals surface area contributed by atoms with Crippen molar-refractivity contribution in [2.24, 2.45) is 5.11 Å². The first kappa shape index (κ1) is 9.09. The number of rotatable bonds is 3. The maximum Gasteiger partial charge on any atom is 0.170 e. The Morgan fingerprint density at radius 1 is 1.54 bits per heavy atom. The van der Waals surface area contributed by atoms with Crippen LogP contribution in [-0.4, -0.2) is 12.3 Å². The highest BCUT2D eigenvalue weighted by molar-refractivity contribution is 6.02. The number of ketones is 1. The molecule has 0 spiro atoms. The topological polar surface area (TPSA) is 91.9 Å². The number of nitrogens with two attached hydrogens (primary N) is 1. The number of carbonyl (C=O) groups excluding carboxylic acids is 1. The lowest BCUT2D eigenvalue weighted by molar-refractivity contribution is 0.100. The third-order valence-electron chi connectivity index (χ3n) is 1.54. The second-order valence-electron chi connectivity index (χ2n) is 2.40. The molecule has 0 saturated carbocycles. The van der Waals surface area contributed by atoms with Crippen LogP contribution >= 0.6 is 0 Å². The number of para-hydroxylation sites is 1. The van der Waals surface area contributed by atoms with E-state index in [0.717, 1.165) is 0 Å². The van der Waals surface area contributed by atoms with Crippen molar-refractivity contribution in [2.45, 2.75) is 0 Å². The van der Waals surface area contributed by atoms with Gasteiger partial charge in [0.25, 0.3) is 0 Å². The average molecular weight is 176 g/mol. The van der Waals surface area contributed by atoms with Gasteiger partial charge in [0.05, 0.1) is 6.54 Å². The Morgan fingerprint density at radius 3 is 2.85 bits per heavy atom. The third-order valence-corrected chi connectivity index (χ3v) is 1.54. The van der Waals surface area contributed by atoms with Crippen LogP contribution in [0.1, 0.15) is 10.4 Å². The first-order valence-corrected chi connectivity index (χ1v) is 3.64. The summed E-state index contributed by atoms with van der Waals surface area (Å²) in [5.41, 5.74) is 14.3. The quantitative estimate of drug-likeness (QED) is 0.250. The first-order valence-electron chi connectivity index (χ1n) is 3.64. The molecular weight excluding hydrogens is 168 g/mol. The highest BCUT2D eigenvalue weighted by Crippen LogP contribution is 2.10. The summed E-state index contributed by atoms with van der Waals surface area (Å²) in [6, 6.07) is 6.67. The fraction of sp³-hybridized carbons (Fsp3) is 0.125. The number of hydrogen-bond donors (Lipinski definition) is 1. The molecule has 0 bridgehead atoms. The SMILES string of the molecule is [N-]=[N+]=NCC(=O)c1ccccc1N. The van der Waals surface area contributed by atoms with Gasteiger partial charge < -0.3 is 5.73 Å². The van der Waals surface area contributed by atoms with E-state index in [0.29, 0.717) is 11.3 Å². The molecule has 66 valence electrons. The molecule has 0 fully saturated rings. The van der Waals surface area contributed by atoms with Gasteiger partial charge in [0.1, 0.15) is 0 Å². The summed E-state index contributed by atoms with van der Waals surface area (Å²) < 4.78 is 0. The van der Waals surface area contributed by atoms with Crippen LogP contribution in [-0.2, 0) is 0 Å². The Hall–Kier alpha value is -2.00. The molecule has 1 aromatic carbocycles. The van der Waals surface area contributed by atoms with E-state index >= 15 is 0 Å². The second kappa shape index (κ2) is 4.13. The summed E-state index contributed by atoms with van der Waals surface area (Å²) in [5, 5.41) is 3.16. The highest BCUT2D eigenvalue weighted by Gasteiger charge is 2.06. The molecule has 5 heteroatoms. The van der Waals surface area contributed by atoms with Gasteiger partial charge in [0, 0.05) is 16.2 Å². The normalized spacial score (nSPS) is 8.92.